The van der Waals surface area contributed by atoms with E-state index in [0.29, 0.717) is 0 Å². The number of aryl methyl sites for hydroxylation is 1. The lowest BCUT2D eigenvalue weighted by Crippen LogP contribution is -1.99. The second-order valence-corrected chi connectivity index (χ2v) is 20.4. The average molecular weight is 996 g/mol. The lowest BCUT2D eigenvalue weighted by Gasteiger charge is -2.19. The molecule has 0 saturated heterocycles. The summed E-state index contributed by atoms with van der Waals surface area (Å²) in [5.74, 6) is 0. The highest BCUT2D eigenvalue weighted by Gasteiger charge is 2.23. The molecular weight excluding hydrogens is 947 g/mol. The van der Waals surface area contributed by atoms with Gasteiger partial charge in [-0.3, -0.25) is 0 Å². The van der Waals surface area contributed by atoms with Crippen molar-refractivity contribution in [1.29, 1.82) is 0 Å². The first kappa shape index (κ1) is 45.2. The molecule has 0 spiro atoms. The second kappa shape index (κ2) is 18.3. The maximum atomic E-state index is 6.98. The number of rotatable bonds is 9. The maximum absolute atomic E-state index is 6.98. The molecule has 3 heterocycles. The molecule has 0 unspecified atom stereocenters. The van der Waals surface area contributed by atoms with E-state index in [1.165, 1.54) is 43.8 Å². The molecule has 3 aromatic heterocycles. The molecule has 3 nitrogen and oxygen atoms in total. The molecular formula is C75H49NO2. The van der Waals surface area contributed by atoms with E-state index in [1.807, 2.05) is 6.07 Å². The van der Waals surface area contributed by atoms with Crippen LogP contribution < -0.4 is 0 Å². The SMILES string of the molecule is C=C(/C=C\c1c(C)c2cc(-c3cccc4c3oc3c(-c5ccccc5)cccc34)ccc2n1-c1ccc2c(-c3ccccc3)c3ccccc3c(-c3ccccc3)c2c1)c1cccc2c1oc1c(-c3ccccc3)cccc12. The quantitative estimate of drug-likeness (QED) is 0.107. The van der Waals surface area contributed by atoms with Gasteiger partial charge < -0.3 is 13.4 Å². The Balaban J connectivity index is 0.945. The predicted molar refractivity (Wildman–Crippen MR) is 329 cm³/mol. The number of para-hydroxylation sites is 4. The topological polar surface area (TPSA) is 31.2 Å². The van der Waals surface area contributed by atoms with Crippen LogP contribution in [-0.2, 0) is 0 Å². The zero-order valence-corrected chi connectivity index (χ0v) is 42.9. The largest absolute Gasteiger partial charge is 0.455 e. The van der Waals surface area contributed by atoms with Gasteiger partial charge in [-0.15, -0.1) is 0 Å². The molecule has 78 heavy (non-hydrogen) atoms. The Morgan fingerprint density at radius 3 is 1.35 bits per heavy atom. The number of fused-ring (bicyclic) bond motifs is 9. The Bertz CT molecular complexity index is 4900. The first-order valence-corrected chi connectivity index (χ1v) is 26.7. The molecule has 0 N–H and O–H groups in total. The van der Waals surface area contributed by atoms with Gasteiger partial charge >= 0.3 is 0 Å². The van der Waals surface area contributed by atoms with E-state index in [2.05, 4.69) is 272 Å². The van der Waals surface area contributed by atoms with Crippen LogP contribution in [0.1, 0.15) is 16.8 Å². The Morgan fingerprint density at radius 1 is 0.359 bits per heavy atom. The number of hydrogen-bond donors (Lipinski definition) is 0. The van der Waals surface area contributed by atoms with Gasteiger partial charge in [0.05, 0.1) is 5.52 Å². The summed E-state index contributed by atoms with van der Waals surface area (Å²) in [5.41, 5.74) is 21.0. The molecule has 0 saturated carbocycles. The molecule has 0 amide bonds. The third-order valence-corrected chi connectivity index (χ3v) is 16.0. The molecule has 0 aliphatic rings. The minimum atomic E-state index is 0.826. The first-order valence-electron chi connectivity index (χ1n) is 26.7. The van der Waals surface area contributed by atoms with Crippen LogP contribution >= 0.6 is 0 Å². The van der Waals surface area contributed by atoms with Crippen LogP contribution in [0.5, 0.6) is 0 Å². The number of nitrogens with zero attached hydrogens (tertiary/aromatic N) is 1. The van der Waals surface area contributed by atoms with E-state index < -0.39 is 0 Å². The van der Waals surface area contributed by atoms with Gasteiger partial charge in [0.2, 0.25) is 0 Å². The summed E-state index contributed by atoms with van der Waals surface area (Å²) in [5, 5.41) is 10.3. The van der Waals surface area contributed by atoms with E-state index in [0.717, 1.165) is 116 Å². The van der Waals surface area contributed by atoms with Crippen LogP contribution in [0.25, 0.3) is 149 Å². The fourth-order valence-corrected chi connectivity index (χ4v) is 12.3. The van der Waals surface area contributed by atoms with Crippen molar-refractivity contribution in [3.63, 3.8) is 0 Å². The van der Waals surface area contributed by atoms with Crippen molar-refractivity contribution in [2.75, 3.05) is 0 Å². The van der Waals surface area contributed by atoms with Crippen molar-refractivity contribution in [1.82, 2.24) is 4.57 Å². The standard InChI is InChI=1S/C75H49NO2/c1-47(55-31-17-35-62-63-36-18-32-56(73(63)77-72(55)62)49-21-7-3-8-22-49)39-43-68-48(2)66-45-53(58-34-20-38-65-64-37-19-33-57(74(64)78-75(58)65)50-23-9-4-10-24-50)40-44-69(66)76(68)54-41-42-61-67(46-54)71(52-27-13-6-14-28-52)60-30-16-15-29-59(60)70(61)51-25-11-5-12-26-51/h3-46H,1H2,2H3/b43-39-. The Morgan fingerprint density at radius 2 is 0.795 bits per heavy atom. The fourth-order valence-electron chi connectivity index (χ4n) is 12.3. The highest BCUT2D eigenvalue weighted by atomic mass is 16.3. The molecule has 0 aliphatic heterocycles. The van der Waals surface area contributed by atoms with E-state index in [9.17, 15) is 0 Å². The monoisotopic (exact) mass is 995 g/mol. The van der Waals surface area contributed by atoms with Crippen LogP contribution in [0.15, 0.2) is 276 Å². The van der Waals surface area contributed by atoms with Gasteiger partial charge in [-0.25, -0.2) is 0 Å². The first-order chi connectivity index (χ1) is 38.6. The van der Waals surface area contributed by atoms with Crippen LogP contribution in [-0.4, -0.2) is 4.57 Å². The lowest BCUT2D eigenvalue weighted by molar-refractivity contribution is 0.669. The smallest absolute Gasteiger partial charge is 0.143 e. The van der Waals surface area contributed by atoms with Crippen molar-refractivity contribution in [2.24, 2.45) is 0 Å². The summed E-state index contributed by atoms with van der Waals surface area (Å²) in [6.45, 7) is 6.99. The molecule has 0 bridgehead atoms. The molecule has 0 aliphatic carbocycles. The Kier molecular flexibility index (Phi) is 10.6. The third kappa shape index (κ3) is 7.20. The second-order valence-electron chi connectivity index (χ2n) is 20.4. The van der Waals surface area contributed by atoms with Gasteiger partial charge in [-0.05, 0) is 109 Å². The predicted octanol–water partition coefficient (Wildman–Crippen LogP) is 21.1. The normalized spacial score (nSPS) is 11.9. The highest BCUT2D eigenvalue weighted by Crippen LogP contribution is 2.47. The van der Waals surface area contributed by atoms with Gasteiger partial charge in [0, 0.05) is 60.6 Å². The van der Waals surface area contributed by atoms with Crippen molar-refractivity contribution in [2.45, 2.75) is 6.92 Å². The molecule has 3 heteroatoms. The molecule has 0 fully saturated rings. The van der Waals surface area contributed by atoms with Crippen LogP contribution in [0, 0.1) is 6.92 Å². The van der Waals surface area contributed by atoms with Gasteiger partial charge in [0.25, 0.3) is 0 Å². The third-order valence-electron chi connectivity index (χ3n) is 16.0. The maximum Gasteiger partial charge on any atom is 0.143 e. The summed E-state index contributed by atoms with van der Waals surface area (Å²) in [4.78, 5) is 0. The molecule has 0 atom stereocenters. The molecule has 15 aromatic rings. The molecule has 0 radical (unpaired) electrons. The number of hydrogen-bond acceptors (Lipinski definition) is 2. The minimum Gasteiger partial charge on any atom is -0.455 e. The van der Waals surface area contributed by atoms with Gasteiger partial charge in [0.1, 0.15) is 22.3 Å². The minimum absolute atomic E-state index is 0.826. The van der Waals surface area contributed by atoms with Gasteiger partial charge in [-0.2, -0.15) is 0 Å². The number of allylic oxidation sites excluding steroid dienone is 2. The summed E-state index contributed by atoms with van der Waals surface area (Å²) in [6, 6.07) is 91.3. The van der Waals surface area contributed by atoms with Crippen LogP contribution in [0.3, 0.4) is 0 Å². The average Bonchev–Trinajstić information content (AvgIpc) is 4.28. The molecule has 12 aromatic carbocycles. The van der Waals surface area contributed by atoms with Crippen molar-refractivity contribution >= 4 is 88.0 Å². The van der Waals surface area contributed by atoms with E-state index in [1.54, 1.807) is 0 Å². The fraction of sp³-hybridized carbons (Fsp3) is 0.0133. The highest BCUT2D eigenvalue weighted by molar-refractivity contribution is 6.22. The van der Waals surface area contributed by atoms with Crippen LogP contribution in [0.4, 0.5) is 0 Å². The molecule has 366 valence electrons. The summed E-state index contributed by atoms with van der Waals surface area (Å²) in [7, 11) is 0. The van der Waals surface area contributed by atoms with E-state index in [-0.39, 0.29) is 0 Å². The summed E-state index contributed by atoms with van der Waals surface area (Å²) in [6.07, 6.45) is 4.41. The number of furan rings is 2. The zero-order chi connectivity index (χ0) is 51.8. The van der Waals surface area contributed by atoms with Crippen molar-refractivity contribution in [3.8, 4) is 61.3 Å². The summed E-state index contributed by atoms with van der Waals surface area (Å²) < 4.78 is 16.3. The Hall–Kier alpha value is -10.2. The van der Waals surface area contributed by atoms with E-state index in [4.69, 9.17) is 15.4 Å². The molecule has 15 rings (SSSR count). The lowest BCUT2D eigenvalue weighted by atomic mass is 9.86. The van der Waals surface area contributed by atoms with Gasteiger partial charge in [0.15, 0.2) is 0 Å². The zero-order valence-electron chi connectivity index (χ0n) is 42.9. The van der Waals surface area contributed by atoms with Crippen molar-refractivity contribution < 1.29 is 8.83 Å². The van der Waals surface area contributed by atoms with E-state index >= 15 is 0 Å². The summed E-state index contributed by atoms with van der Waals surface area (Å²) >= 11 is 0. The number of aromatic nitrogens is 1. The van der Waals surface area contributed by atoms with Gasteiger partial charge in [-0.1, -0.05) is 243 Å². The number of benzene rings is 12. The van der Waals surface area contributed by atoms with Crippen LogP contribution in [0.2, 0.25) is 0 Å². The Labute approximate surface area is 451 Å². The van der Waals surface area contributed by atoms with Crippen molar-refractivity contribution in [3.05, 3.63) is 284 Å².